The Morgan fingerprint density at radius 3 is 2.50 bits per heavy atom. The quantitative estimate of drug-likeness (QED) is 0.271. The molecule has 210 valence electrons. The highest BCUT2D eigenvalue weighted by Gasteiger charge is 2.30. The van der Waals surface area contributed by atoms with Gasteiger partial charge in [0.05, 0.1) is 23.2 Å². The molecule has 5 rings (SSSR count). The fourth-order valence-corrected chi connectivity index (χ4v) is 5.20. The summed E-state index contributed by atoms with van der Waals surface area (Å²) in [6.07, 6.45) is 3.77. The number of benzene rings is 2. The molecule has 1 aliphatic heterocycles. The minimum Gasteiger partial charge on any atom is -0.367 e. The van der Waals surface area contributed by atoms with E-state index in [1.165, 1.54) is 0 Å². The maximum absolute atomic E-state index is 13.8. The summed E-state index contributed by atoms with van der Waals surface area (Å²) in [5.41, 5.74) is 5.42. The van der Waals surface area contributed by atoms with Crippen LogP contribution in [0.2, 0.25) is 5.02 Å². The minimum absolute atomic E-state index is 0. The zero-order valence-corrected chi connectivity index (χ0v) is 24.8. The van der Waals surface area contributed by atoms with E-state index in [0.29, 0.717) is 43.3 Å². The number of rotatable bonds is 7. The molecule has 4 aromatic rings. The van der Waals surface area contributed by atoms with Gasteiger partial charge < -0.3 is 20.1 Å². The van der Waals surface area contributed by atoms with Crippen molar-refractivity contribution < 1.29 is 4.79 Å². The zero-order chi connectivity index (χ0) is 26.6. The van der Waals surface area contributed by atoms with Crippen molar-refractivity contribution in [1.82, 2.24) is 20.2 Å². The zero-order valence-electron chi connectivity index (χ0n) is 22.4. The van der Waals surface area contributed by atoms with Crippen LogP contribution in [0.4, 0.5) is 5.69 Å². The van der Waals surface area contributed by atoms with E-state index in [2.05, 4.69) is 40.1 Å². The summed E-state index contributed by atoms with van der Waals surface area (Å²) >= 11 is 6.11. The van der Waals surface area contributed by atoms with Gasteiger partial charge in [-0.15, -0.1) is 24.8 Å². The lowest BCUT2D eigenvalue weighted by molar-refractivity contribution is -0.133. The van der Waals surface area contributed by atoms with E-state index in [9.17, 15) is 10.1 Å². The lowest BCUT2D eigenvalue weighted by Crippen LogP contribution is -2.51. The summed E-state index contributed by atoms with van der Waals surface area (Å²) in [7, 11) is 0. The van der Waals surface area contributed by atoms with Crippen LogP contribution >= 0.6 is 36.4 Å². The molecule has 7 nitrogen and oxygen atoms in total. The molecule has 1 fully saturated rings. The van der Waals surface area contributed by atoms with Gasteiger partial charge in [0.1, 0.15) is 5.65 Å². The highest BCUT2D eigenvalue weighted by molar-refractivity contribution is 6.30. The molecule has 0 saturated carbocycles. The van der Waals surface area contributed by atoms with Crippen LogP contribution in [0.25, 0.3) is 22.2 Å². The lowest BCUT2D eigenvalue weighted by Gasteiger charge is -2.38. The number of hydrogen-bond donors (Lipinski definition) is 2. The first-order chi connectivity index (χ1) is 18.4. The molecule has 3 heterocycles. The van der Waals surface area contributed by atoms with Crippen LogP contribution < -0.4 is 10.2 Å². The standard InChI is InChI=1S/C30H31ClN6O.2ClH/c1-20(2)34-19-27(22-6-8-24(31)9-7-22)30(38)37-14-12-36(13-15-37)28-25-10-11-33-29(25)35-18-26(28)23-5-3-4-21(16-23)17-32;;/h3-11,16,18,20,27,34H,12-15,19H2,1-2H3,(H,33,35);2*1H/t27-;;/m1../s1. The van der Waals surface area contributed by atoms with Crippen LogP contribution in [-0.2, 0) is 4.79 Å². The SMILES string of the molecule is CC(C)NC[C@@H](C(=O)N1CCN(c2c(-c3cccc(C#N)c3)cnc3[nH]ccc23)CC1)c1ccc(Cl)cc1.Cl.Cl. The van der Waals surface area contributed by atoms with Gasteiger partial charge in [0.25, 0.3) is 0 Å². The molecule has 1 saturated heterocycles. The van der Waals surface area contributed by atoms with Crippen LogP contribution in [0.3, 0.4) is 0 Å². The van der Waals surface area contributed by atoms with Crippen LogP contribution in [0, 0.1) is 11.3 Å². The second kappa shape index (κ2) is 13.9. The molecule has 0 aliphatic carbocycles. The number of aromatic amines is 1. The number of aromatic nitrogens is 2. The average Bonchev–Trinajstić information content (AvgIpc) is 3.42. The first-order valence-corrected chi connectivity index (χ1v) is 13.3. The van der Waals surface area contributed by atoms with E-state index in [0.717, 1.165) is 33.4 Å². The Hall–Kier alpha value is -3.28. The number of fused-ring (bicyclic) bond motifs is 1. The number of pyridine rings is 1. The fraction of sp³-hybridized carbons (Fsp3) is 0.300. The molecule has 2 aromatic carbocycles. The van der Waals surface area contributed by atoms with Gasteiger partial charge in [0, 0.05) is 67.1 Å². The Bertz CT molecular complexity index is 1470. The monoisotopic (exact) mass is 598 g/mol. The average molecular weight is 600 g/mol. The number of H-pyrrole nitrogens is 1. The Labute approximate surface area is 252 Å². The Kier molecular flexibility index (Phi) is 10.8. The largest absolute Gasteiger partial charge is 0.367 e. The van der Waals surface area contributed by atoms with Crippen molar-refractivity contribution in [3.05, 3.63) is 83.1 Å². The van der Waals surface area contributed by atoms with Crippen molar-refractivity contribution in [2.45, 2.75) is 25.8 Å². The highest BCUT2D eigenvalue weighted by atomic mass is 35.5. The molecule has 0 spiro atoms. The summed E-state index contributed by atoms with van der Waals surface area (Å²) < 4.78 is 0. The van der Waals surface area contributed by atoms with Gasteiger partial charge in [-0.3, -0.25) is 4.79 Å². The highest BCUT2D eigenvalue weighted by Crippen LogP contribution is 2.37. The number of halogens is 3. The molecule has 40 heavy (non-hydrogen) atoms. The summed E-state index contributed by atoms with van der Waals surface area (Å²) in [5.74, 6) is -0.147. The number of nitrogens with one attached hydrogen (secondary N) is 2. The summed E-state index contributed by atoms with van der Waals surface area (Å²) in [6, 6.07) is 19.8. The number of anilines is 1. The molecule has 0 unspecified atom stereocenters. The third-order valence-corrected chi connectivity index (χ3v) is 7.32. The third-order valence-electron chi connectivity index (χ3n) is 7.07. The van der Waals surface area contributed by atoms with Crippen molar-refractivity contribution in [2.75, 3.05) is 37.6 Å². The molecule has 1 amide bonds. The second-order valence-electron chi connectivity index (χ2n) is 9.93. The van der Waals surface area contributed by atoms with Gasteiger partial charge in [-0.05, 0) is 41.5 Å². The van der Waals surface area contributed by atoms with Crippen molar-refractivity contribution >= 4 is 59.0 Å². The van der Waals surface area contributed by atoms with E-state index in [1.807, 2.05) is 65.8 Å². The minimum atomic E-state index is -0.275. The van der Waals surface area contributed by atoms with E-state index >= 15 is 0 Å². The molecule has 0 bridgehead atoms. The van der Waals surface area contributed by atoms with Crippen molar-refractivity contribution in [3.8, 4) is 17.2 Å². The van der Waals surface area contributed by atoms with Gasteiger partial charge in [-0.2, -0.15) is 5.26 Å². The predicted octanol–water partition coefficient (Wildman–Crippen LogP) is 6.03. The smallest absolute Gasteiger partial charge is 0.231 e. The van der Waals surface area contributed by atoms with E-state index in [1.54, 1.807) is 6.07 Å². The Balaban J connectivity index is 0.00000220. The number of carbonyl (C=O) groups excluding carboxylic acids is 1. The number of carbonyl (C=O) groups is 1. The number of hydrogen-bond acceptors (Lipinski definition) is 5. The normalized spacial score (nSPS) is 13.9. The van der Waals surface area contributed by atoms with Gasteiger partial charge >= 0.3 is 0 Å². The van der Waals surface area contributed by atoms with Crippen LogP contribution in [0.1, 0.15) is 30.9 Å². The van der Waals surface area contributed by atoms with E-state index < -0.39 is 0 Å². The summed E-state index contributed by atoms with van der Waals surface area (Å²) in [4.78, 5) is 25.9. The predicted molar refractivity (Wildman–Crippen MR) is 167 cm³/mol. The first-order valence-electron chi connectivity index (χ1n) is 12.9. The fourth-order valence-electron chi connectivity index (χ4n) is 5.07. The maximum Gasteiger partial charge on any atom is 0.231 e. The number of piperazine rings is 1. The number of amides is 1. The molecule has 0 radical (unpaired) electrons. The van der Waals surface area contributed by atoms with Crippen molar-refractivity contribution in [1.29, 1.82) is 5.26 Å². The second-order valence-corrected chi connectivity index (χ2v) is 10.4. The van der Waals surface area contributed by atoms with Gasteiger partial charge in [0.2, 0.25) is 5.91 Å². The Morgan fingerprint density at radius 1 is 1.10 bits per heavy atom. The van der Waals surface area contributed by atoms with Gasteiger partial charge in [0.15, 0.2) is 0 Å². The third kappa shape index (κ3) is 6.71. The topological polar surface area (TPSA) is 88.1 Å². The van der Waals surface area contributed by atoms with Crippen LogP contribution in [0.15, 0.2) is 67.0 Å². The summed E-state index contributed by atoms with van der Waals surface area (Å²) in [6.45, 7) is 7.39. The summed E-state index contributed by atoms with van der Waals surface area (Å²) in [5, 5.41) is 14.6. The van der Waals surface area contributed by atoms with Gasteiger partial charge in [-0.1, -0.05) is 49.7 Å². The lowest BCUT2D eigenvalue weighted by atomic mass is 9.96. The van der Waals surface area contributed by atoms with Crippen LogP contribution in [0.5, 0.6) is 0 Å². The molecular weight excluding hydrogens is 567 g/mol. The molecule has 2 N–H and O–H groups in total. The Morgan fingerprint density at radius 2 is 1.82 bits per heavy atom. The van der Waals surface area contributed by atoms with E-state index in [-0.39, 0.29) is 42.7 Å². The number of nitrogens with zero attached hydrogens (tertiary/aromatic N) is 4. The number of nitriles is 1. The van der Waals surface area contributed by atoms with Crippen molar-refractivity contribution in [2.24, 2.45) is 0 Å². The molecule has 1 atom stereocenters. The molecule has 2 aromatic heterocycles. The van der Waals surface area contributed by atoms with Gasteiger partial charge in [-0.25, -0.2) is 4.98 Å². The molecule has 1 aliphatic rings. The van der Waals surface area contributed by atoms with Crippen molar-refractivity contribution in [3.63, 3.8) is 0 Å². The maximum atomic E-state index is 13.8. The molecule has 10 heteroatoms. The van der Waals surface area contributed by atoms with Crippen LogP contribution in [-0.4, -0.2) is 59.5 Å². The molecular formula is C30H33Cl3N6O. The van der Waals surface area contributed by atoms with E-state index in [4.69, 9.17) is 11.6 Å². The first kappa shape index (κ1) is 31.3.